The van der Waals surface area contributed by atoms with Crippen LogP contribution in [0.2, 0.25) is 0 Å². The fourth-order valence-corrected chi connectivity index (χ4v) is 5.23. The van der Waals surface area contributed by atoms with E-state index in [1.165, 1.54) is 28.6 Å². The standard InChI is InChI=1S/C21H24N2O4S2/c1-3-4-15-23(2)29(26,27)20-13-10-19(11-14-20)22-28(24,25)21-12-9-17-7-5-6-8-18(17)16-21/h5-14,16,22H,3-4,15H2,1-2H3. The Bertz CT molecular complexity index is 1200. The smallest absolute Gasteiger partial charge is 0.261 e. The number of nitrogens with one attached hydrogen (secondary N) is 1. The van der Waals surface area contributed by atoms with Gasteiger partial charge in [0.05, 0.1) is 9.79 Å². The monoisotopic (exact) mass is 432 g/mol. The van der Waals surface area contributed by atoms with Crippen LogP contribution in [0.3, 0.4) is 0 Å². The number of fused-ring (bicyclic) bond motifs is 1. The van der Waals surface area contributed by atoms with Crippen LogP contribution in [0.5, 0.6) is 0 Å². The van der Waals surface area contributed by atoms with E-state index in [1.54, 1.807) is 25.2 Å². The molecule has 0 unspecified atom stereocenters. The van der Waals surface area contributed by atoms with E-state index in [-0.39, 0.29) is 9.79 Å². The summed E-state index contributed by atoms with van der Waals surface area (Å²) in [6.07, 6.45) is 1.68. The third-order valence-electron chi connectivity index (χ3n) is 4.67. The second-order valence-electron chi connectivity index (χ2n) is 6.82. The van der Waals surface area contributed by atoms with Crippen LogP contribution >= 0.6 is 0 Å². The first kappa shape index (κ1) is 21.3. The summed E-state index contributed by atoms with van der Waals surface area (Å²) in [5.74, 6) is 0. The highest BCUT2D eigenvalue weighted by molar-refractivity contribution is 7.92. The molecule has 0 saturated heterocycles. The molecular weight excluding hydrogens is 408 g/mol. The van der Waals surface area contributed by atoms with Gasteiger partial charge < -0.3 is 0 Å². The minimum atomic E-state index is -3.79. The molecule has 0 bridgehead atoms. The topological polar surface area (TPSA) is 83.6 Å². The van der Waals surface area contributed by atoms with Gasteiger partial charge in [0.15, 0.2) is 0 Å². The third kappa shape index (κ3) is 4.77. The Labute approximate surface area is 172 Å². The molecule has 0 radical (unpaired) electrons. The van der Waals surface area contributed by atoms with Crippen LogP contribution in [0, 0.1) is 0 Å². The second kappa shape index (κ2) is 8.52. The largest absolute Gasteiger partial charge is 0.280 e. The molecule has 3 aromatic carbocycles. The van der Waals surface area contributed by atoms with Gasteiger partial charge in [-0.05, 0) is 53.6 Å². The van der Waals surface area contributed by atoms with E-state index in [0.717, 1.165) is 23.6 Å². The van der Waals surface area contributed by atoms with Crippen LogP contribution in [-0.2, 0) is 20.0 Å². The van der Waals surface area contributed by atoms with E-state index >= 15 is 0 Å². The zero-order chi connectivity index (χ0) is 21.1. The second-order valence-corrected chi connectivity index (χ2v) is 10.5. The zero-order valence-corrected chi connectivity index (χ0v) is 18.0. The van der Waals surface area contributed by atoms with Crippen LogP contribution < -0.4 is 4.72 Å². The van der Waals surface area contributed by atoms with Crippen molar-refractivity contribution in [2.45, 2.75) is 29.6 Å². The first-order valence-corrected chi connectivity index (χ1v) is 12.2. The third-order valence-corrected chi connectivity index (χ3v) is 7.92. The van der Waals surface area contributed by atoms with Gasteiger partial charge in [-0.1, -0.05) is 43.7 Å². The Morgan fingerprint density at radius 2 is 1.45 bits per heavy atom. The summed E-state index contributed by atoms with van der Waals surface area (Å²) >= 11 is 0. The van der Waals surface area contributed by atoms with Gasteiger partial charge in [-0.15, -0.1) is 0 Å². The van der Waals surface area contributed by atoms with Gasteiger partial charge in [-0.25, -0.2) is 21.1 Å². The summed E-state index contributed by atoms with van der Waals surface area (Å²) in [7, 11) is -5.84. The minimum Gasteiger partial charge on any atom is -0.280 e. The fourth-order valence-electron chi connectivity index (χ4n) is 2.92. The van der Waals surface area contributed by atoms with Crippen molar-refractivity contribution < 1.29 is 16.8 Å². The van der Waals surface area contributed by atoms with E-state index in [1.807, 2.05) is 31.2 Å². The molecule has 0 fully saturated rings. The van der Waals surface area contributed by atoms with Crippen molar-refractivity contribution in [3.05, 3.63) is 66.7 Å². The summed E-state index contributed by atoms with van der Waals surface area (Å²) in [4.78, 5) is 0.275. The summed E-state index contributed by atoms with van der Waals surface area (Å²) in [6.45, 7) is 2.44. The molecule has 0 aliphatic rings. The van der Waals surface area contributed by atoms with Crippen molar-refractivity contribution in [3.63, 3.8) is 0 Å². The maximum atomic E-state index is 12.7. The lowest BCUT2D eigenvalue weighted by Gasteiger charge is -2.17. The molecule has 29 heavy (non-hydrogen) atoms. The highest BCUT2D eigenvalue weighted by Gasteiger charge is 2.21. The summed E-state index contributed by atoms with van der Waals surface area (Å²) < 4.78 is 54.4. The van der Waals surface area contributed by atoms with Crippen molar-refractivity contribution in [3.8, 4) is 0 Å². The van der Waals surface area contributed by atoms with Gasteiger partial charge >= 0.3 is 0 Å². The van der Waals surface area contributed by atoms with Gasteiger partial charge in [0, 0.05) is 19.3 Å². The first-order chi connectivity index (χ1) is 13.7. The quantitative estimate of drug-likeness (QED) is 0.582. The number of anilines is 1. The lowest BCUT2D eigenvalue weighted by molar-refractivity contribution is 0.459. The van der Waals surface area contributed by atoms with Crippen molar-refractivity contribution in [2.24, 2.45) is 0 Å². The first-order valence-electron chi connectivity index (χ1n) is 9.32. The maximum absolute atomic E-state index is 12.7. The van der Waals surface area contributed by atoms with Crippen LogP contribution in [0.1, 0.15) is 19.8 Å². The van der Waals surface area contributed by atoms with Gasteiger partial charge in [0.25, 0.3) is 10.0 Å². The SMILES string of the molecule is CCCCN(C)S(=O)(=O)c1ccc(NS(=O)(=O)c2ccc3ccccc3c2)cc1. The Hall–Kier alpha value is -2.42. The van der Waals surface area contributed by atoms with Crippen LogP contribution in [0.25, 0.3) is 10.8 Å². The summed E-state index contributed by atoms with van der Waals surface area (Å²) in [6, 6.07) is 18.2. The summed E-state index contributed by atoms with van der Waals surface area (Å²) in [5.41, 5.74) is 0.299. The predicted molar refractivity (Wildman–Crippen MR) is 116 cm³/mol. The molecule has 8 heteroatoms. The maximum Gasteiger partial charge on any atom is 0.261 e. The summed E-state index contributed by atoms with van der Waals surface area (Å²) in [5, 5.41) is 1.78. The molecule has 0 spiro atoms. The molecular formula is C21H24N2O4S2. The molecule has 0 aromatic heterocycles. The Kier molecular flexibility index (Phi) is 6.26. The Balaban J connectivity index is 1.81. The molecule has 3 aromatic rings. The zero-order valence-electron chi connectivity index (χ0n) is 16.4. The van der Waals surface area contributed by atoms with Crippen LogP contribution in [0.4, 0.5) is 5.69 Å². The van der Waals surface area contributed by atoms with E-state index in [9.17, 15) is 16.8 Å². The number of benzene rings is 3. The number of hydrogen-bond acceptors (Lipinski definition) is 4. The molecule has 154 valence electrons. The Morgan fingerprint density at radius 3 is 2.10 bits per heavy atom. The molecule has 3 rings (SSSR count). The normalized spacial score (nSPS) is 12.4. The van der Waals surface area contributed by atoms with Gasteiger partial charge in [-0.3, -0.25) is 4.72 Å². The highest BCUT2D eigenvalue weighted by Crippen LogP contribution is 2.23. The molecule has 0 aliphatic heterocycles. The van der Waals surface area contributed by atoms with Crippen molar-refractivity contribution in [2.75, 3.05) is 18.3 Å². The lowest BCUT2D eigenvalue weighted by Crippen LogP contribution is -2.27. The molecule has 0 heterocycles. The minimum absolute atomic E-state index is 0.129. The highest BCUT2D eigenvalue weighted by atomic mass is 32.2. The number of unbranched alkanes of at least 4 members (excludes halogenated alkanes) is 1. The fraction of sp³-hybridized carbons (Fsp3) is 0.238. The van der Waals surface area contributed by atoms with Gasteiger partial charge in [-0.2, -0.15) is 0 Å². The molecule has 0 amide bonds. The molecule has 1 N–H and O–H groups in total. The van der Waals surface area contributed by atoms with Gasteiger partial charge in [0.1, 0.15) is 0 Å². The lowest BCUT2D eigenvalue weighted by atomic mass is 10.1. The van der Waals surface area contributed by atoms with Crippen molar-refractivity contribution in [1.29, 1.82) is 0 Å². The van der Waals surface area contributed by atoms with Gasteiger partial charge in [0.2, 0.25) is 10.0 Å². The van der Waals surface area contributed by atoms with E-state index in [4.69, 9.17) is 0 Å². The van der Waals surface area contributed by atoms with Crippen LogP contribution in [0.15, 0.2) is 76.5 Å². The average Bonchev–Trinajstić information content (AvgIpc) is 2.71. The van der Waals surface area contributed by atoms with E-state index in [2.05, 4.69) is 4.72 Å². The average molecular weight is 433 g/mol. The van der Waals surface area contributed by atoms with Crippen molar-refractivity contribution >= 4 is 36.5 Å². The number of nitrogens with zero attached hydrogens (tertiary/aromatic N) is 1. The molecule has 0 atom stereocenters. The molecule has 0 aliphatic carbocycles. The van der Waals surface area contributed by atoms with Crippen molar-refractivity contribution in [1.82, 2.24) is 4.31 Å². The number of sulfonamides is 2. The number of hydrogen-bond donors (Lipinski definition) is 1. The van der Waals surface area contributed by atoms with E-state index < -0.39 is 20.0 Å². The van der Waals surface area contributed by atoms with Crippen LogP contribution in [-0.4, -0.2) is 34.7 Å². The van der Waals surface area contributed by atoms with E-state index in [0.29, 0.717) is 12.2 Å². The molecule has 0 saturated carbocycles. The molecule has 6 nitrogen and oxygen atoms in total. The Morgan fingerprint density at radius 1 is 0.828 bits per heavy atom. The number of rotatable bonds is 8. The predicted octanol–water partition coefficient (Wildman–Crippen LogP) is 4.06.